The molecule has 1 aromatic heterocycles. The predicted molar refractivity (Wildman–Crippen MR) is 125 cm³/mol. The van der Waals surface area contributed by atoms with Crippen LogP contribution in [0.1, 0.15) is 70.4 Å². The highest BCUT2D eigenvalue weighted by molar-refractivity contribution is 5.92. The summed E-state index contributed by atoms with van der Waals surface area (Å²) in [6.45, 7) is 4.83. The van der Waals surface area contributed by atoms with Crippen molar-refractivity contribution in [2.75, 3.05) is 19.0 Å². The number of fused-ring (bicyclic) bond motifs is 5. The number of amides is 1. The Morgan fingerprint density at radius 3 is 2.72 bits per heavy atom. The van der Waals surface area contributed by atoms with Crippen LogP contribution in [0.15, 0.2) is 18.2 Å². The van der Waals surface area contributed by atoms with Gasteiger partial charge >= 0.3 is 0 Å². The summed E-state index contributed by atoms with van der Waals surface area (Å²) < 4.78 is 5.33. The third-order valence-electron chi connectivity index (χ3n) is 9.97. The molecule has 32 heavy (non-hydrogen) atoms. The molecule has 0 saturated heterocycles. The molecule has 1 heterocycles. The number of ether oxygens (including phenoxy) is 1. The highest BCUT2D eigenvalue weighted by Crippen LogP contribution is 2.64. The molecule has 8 atom stereocenters. The maximum absolute atomic E-state index is 13.3. The lowest BCUT2D eigenvalue weighted by Gasteiger charge is -2.57. The van der Waals surface area contributed by atoms with Crippen molar-refractivity contribution in [3.05, 3.63) is 23.9 Å². The van der Waals surface area contributed by atoms with Crippen molar-refractivity contribution in [3.8, 4) is 0 Å². The molecule has 0 aliphatic heterocycles. The van der Waals surface area contributed by atoms with Gasteiger partial charge in [-0.05, 0) is 112 Å². The number of anilines is 1. The third kappa shape index (κ3) is 3.79. The number of rotatable bonds is 4. The van der Waals surface area contributed by atoms with Gasteiger partial charge in [0.05, 0.1) is 12.2 Å². The first-order chi connectivity index (χ1) is 15.3. The average molecular weight is 441 g/mol. The molecule has 0 bridgehead atoms. The minimum Gasteiger partial charge on any atom is -0.387 e. The van der Waals surface area contributed by atoms with Gasteiger partial charge in [0.1, 0.15) is 5.82 Å². The Morgan fingerprint density at radius 1 is 1.12 bits per heavy atom. The smallest absolute Gasteiger partial charge is 0.229 e. The van der Waals surface area contributed by atoms with Crippen LogP contribution in [0.2, 0.25) is 0 Å². The topological polar surface area (TPSA) is 71.5 Å². The molecule has 4 aliphatic rings. The highest BCUT2D eigenvalue weighted by Gasteiger charge is 2.59. The maximum atomic E-state index is 13.3. The summed E-state index contributed by atoms with van der Waals surface area (Å²) in [7, 11) is 1.70. The zero-order chi connectivity index (χ0) is 22.5. The Bertz CT molecular complexity index is 859. The van der Waals surface area contributed by atoms with Gasteiger partial charge in [-0.1, -0.05) is 13.0 Å². The molecular formula is C27H40N2O3. The molecular weight excluding hydrogens is 400 g/mol. The van der Waals surface area contributed by atoms with Gasteiger partial charge in [-0.2, -0.15) is 0 Å². The molecule has 0 radical (unpaired) electrons. The fourth-order valence-corrected chi connectivity index (χ4v) is 8.62. The van der Waals surface area contributed by atoms with Crippen LogP contribution in [0, 0.1) is 47.8 Å². The lowest BCUT2D eigenvalue weighted by atomic mass is 9.49. The van der Waals surface area contributed by atoms with Gasteiger partial charge < -0.3 is 15.2 Å². The van der Waals surface area contributed by atoms with E-state index in [1.807, 2.05) is 25.1 Å². The van der Waals surface area contributed by atoms with Gasteiger partial charge in [-0.15, -0.1) is 0 Å². The molecule has 2 N–H and O–H groups in total. The molecule has 4 fully saturated rings. The van der Waals surface area contributed by atoms with Gasteiger partial charge in [0.25, 0.3) is 0 Å². The number of carbonyl (C=O) groups is 1. The second kappa shape index (κ2) is 8.39. The maximum Gasteiger partial charge on any atom is 0.229 e. The monoisotopic (exact) mass is 440 g/mol. The highest BCUT2D eigenvalue weighted by atomic mass is 16.5. The van der Waals surface area contributed by atoms with Crippen LogP contribution in [0.25, 0.3) is 0 Å². The quantitative estimate of drug-likeness (QED) is 0.693. The van der Waals surface area contributed by atoms with Gasteiger partial charge in [0, 0.05) is 18.7 Å². The van der Waals surface area contributed by atoms with Crippen molar-refractivity contribution in [1.82, 2.24) is 4.98 Å². The van der Waals surface area contributed by atoms with E-state index < -0.39 is 5.60 Å². The van der Waals surface area contributed by atoms with Crippen molar-refractivity contribution < 1.29 is 14.6 Å². The van der Waals surface area contributed by atoms with E-state index in [2.05, 4.69) is 17.2 Å². The van der Waals surface area contributed by atoms with Crippen molar-refractivity contribution >= 4 is 11.7 Å². The first-order valence-electron chi connectivity index (χ1n) is 12.8. The minimum absolute atomic E-state index is 0.0895. The molecule has 176 valence electrons. The van der Waals surface area contributed by atoms with Gasteiger partial charge in [0.2, 0.25) is 5.91 Å². The summed E-state index contributed by atoms with van der Waals surface area (Å²) >= 11 is 0. The average Bonchev–Trinajstić information content (AvgIpc) is 3.10. The number of nitrogens with one attached hydrogen (secondary N) is 1. The lowest BCUT2D eigenvalue weighted by molar-refractivity contribution is -0.134. The number of hydrogen-bond acceptors (Lipinski definition) is 4. The molecule has 4 aliphatic carbocycles. The van der Waals surface area contributed by atoms with Crippen molar-refractivity contribution in [3.63, 3.8) is 0 Å². The van der Waals surface area contributed by atoms with Crippen LogP contribution in [0.5, 0.6) is 0 Å². The van der Waals surface area contributed by atoms with E-state index in [0.29, 0.717) is 24.3 Å². The van der Waals surface area contributed by atoms with Gasteiger partial charge in [-0.3, -0.25) is 4.79 Å². The largest absolute Gasteiger partial charge is 0.387 e. The second-order valence-corrected chi connectivity index (χ2v) is 11.7. The zero-order valence-electron chi connectivity index (χ0n) is 20.0. The summed E-state index contributed by atoms with van der Waals surface area (Å²) in [5.41, 5.74) is 0.417. The van der Waals surface area contributed by atoms with Crippen LogP contribution in [-0.2, 0) is 9.53 Å². The predicted octanol–water partition coefficient (Wildman–Crippen LogP) is 4.97. The Labute approximate surface area is 192 Å². The normalized spacial score (nSPS) is 43.1. The molecule has 0 spiro atoms. The SMILES string of the molecule is COC[C@@]1(O)CC[C@H]2[C@@H](CC[C@@H]3[C@@H]2CC[C@]2(C)[C@@H](C(=O)Nc4cccc(C)n4)CC[C@@H]32)C1. The number of pyridine rings is 1. The number of methoxy groups -OCH3 is 1. The van der Waals surface area contributed by atoms with Crippen LogP contribution >= 0.6 is 0 Å². The molecule has 4 saturated carbocycles. The van der Waals surface area contributed by atoms with Crippen molar-refractivity contribution in [2.24, 2.45) is 40.9 Å². The Hall–Kier alpha value is -1.46. The fraction of sp³-hybridized carbons (Fsp3) is 0.778. The molecule has 5 rings (SSSR count). The number of aryl methyl sites for hydroxylation is 1. The molecule has 5 nitrogen and oxygen atoms in total. The van der Waals surface area contributed by atoms with E-state index in [0.717, 1.165) is 55.6 Å². The standard InChI is InChI=1S/C27H40N2O3/c1-17-5-4-6-24(28-17)29-25(30)23-10-9-22-21-8-7-18-15-27(31,16-32-3)14-12-19(18)20(21)11-13-26(22,23)2/h4-6,18-23,31H,7-16H2,1-3H3,(H,28,29,30)/t18-,19-,20+,21+,22-,23+,26-,27+/m0/s1. The first-order valence-corrected chi connectivity index (χ1v) is 12.8. The first kappa shape index (κ1) is 22.3. The minimum atomic E-state index is -0.619. The zero-order valence-corrected chi connectivity index (χ0v) is 20.0. The third-order valence-corrected chi connectivity index (χ3v) is 9.97. The molecule has 0 aromatic carbocycles. The van der Waals surface area contributed by atoms with Crippen LogP contribution < -0.4 is 5.32 Å². The van der Waals surface area contributed by atoms with E-state index >= 15 is 0 Å². The summed E-state index contributed by atoms with van der Waals surface area (Å²) in [5.74, 6) is 4.51. The van der Waals surface area contributed by atoms with E-state index in [4.69, 9.17) is 4.74 Å². The van der Waals surface area contributed by atoms with E-state index in [1.54, 1.807) is 7.11 Å². The number of hydrogen-bond donors (Lipinski definition) is 2. The fourth-order valence-electron chi connectivity index (χ4n) is 8.62. The van der Waals surface area contributed by atoms with E-state index in [9.17, 15) is 9.90 Å². The van der Waals surface area contributed by atoms with Crippen LogP contribution in [0.4, 0.5) is 5.82 Å². The van der Waals surface area contributed by atoms with Crippen LogP contribution in [0.3, 0.4) is 0 Å². The van der Waals surface area contributed by atoms with E-state index in [1.165, 1.54) is 25.7 Å². The number of aromatic nitrogens is 1. The second-order valence-electron chi connectivity index (χ2n) is 11.7. The van der Waals surface area contributed by atoms with Gasteiger partial charge in [0.15, 0.2) is 0 Å². The summed E-state index contributed by atoms with van der Waals surface area (Å²) in [6.07, 6.45) is 10.0. The Morgan fingerprint density at radius 2 is 1.94 bits per heavy atom. The van der Waals surface area contributed by atoms with Crippen molar-refractivity contribution in [1.29, 1.82) is 0 Å². The van der Waals surface area contributed by atoms with Gasteiger partial charge in [-0.25, -0.2) is 4.98 Å². The number of carbonyl (C=O) groups excluding carboxylic acids is 1. The summed E-state index contributed by atoms with van der Waals surface area (Å²) in [5, 5.41) is 14.1. The number of nitrogens with zero attached hydrogens (tertiary/aromatic N) is 1. The lowest BCUT2D eigenvalue weighted by Crippen LogP contribution is -2.52. The molecule has 1 amide bonds. The van der Waals surface area contributed by atoms with E-state index in [-0.39, 0.29) is 17.2 Å². The summed E-state index contributed by atoms with van der Waals surface area (Å²) in [6, 6.07) is 5.81. The van der Waals surface area contributed by atoms with Crippen molar-refractivity contribution in [2.45, 2.75) is 77.2 Å². The molecule has 5 heteroatoms. The number of aliphatic hydroxyl groups is 1. The summed E-state index contributed by atoms with van der Waals surface area (Å²) in [4.78, 5) is 17.8. The van der Waals surface area contributed by atoms with Crippen LogP contribution in [-0.4, -0.2) is 35.3 Å². The molecule has 0 unspecified atom stereocenters. The molecule has 1 aromatic rings. The Kier molecular flexibility index (Phi) is 5.86. The Balaban J connectivity index is 1.28.